The van der Waals surface area contributed by atoms with Crippen LogP contribution in [0, 0.1) is 11.3 Å². The number of carbonyl (C=O) groups is 2. The fraction of sp³-hybridized carbons (Fsp3) is 0.0357. The maximum atomic E-state index is 12.9. The molecule has 35 heavy (non-hydrogen) atoms. The van der Waals surface area contributed by atoms with E-state index in [9.17, 15) is 20.0 Å². The molecule has 0 bridgehead atoms. The number of carbonyl (C=O) groups excluding carboxylic acids is 1. The molecule has 2 N–H and O–H groups in total. The molecule has 7 heteroatoms. The molecule has 0 radical (unpaired) electrons. The van der Waals surface area contributed by atoms with E-state index < -0.39 is 11.9 Å². The van der Waals surface area contributed by atoms with Crippen molar-refractivity contribution in [1.82, 2.24) is 0 Å². The number of nitriles is 1. The van der Waals surface area contributed by atoms with Crippen molar-refractivity contribution < 1.29 is 19.4 Å². The van der Waals surface area contributed by atoms with E-state index in [0.29, 0.717) is 16.3 Å². The van der Waals surface area contributed by atoms with E-state index in [2.05, 4.69) is 5.32 Å². The van der Waals surface area contributed by atoms with Crippen molar-refractivity contribution >= 4 is 46.0 Å². The molecular formula is C28H19ClN2O4. The van der Waals surface area contributed by atoms with Crippen LogP contribution < -0.4 is 10.1 Å². The van der Waals surface area contributed by atoms with Crippen LogP contribution in [-0.4, -0.2) is 17.0 Å². The highest BCUT2D eigenvalue weighted by molar-refractivity contribution is 6.31. The molecule has 4 rings (SSSR count). The summed E-state index contributed by atoms with van der Waals surface area (Å²) in [6.07, 6.45) is 1.47. The molecule has 0 aromatic heterocycles. The monoisotopic (exact) mass is 482 g/mol. The van der Waals surface area contributed by atoms with Crippen LogP contribution in [-0.2, 0) is 11.4 Å². The van der Waals surface area contributed by atoms with Gasteiger partial charge in [-0.2, -0.15) is 5.26 Å². The lowest BCUT2D eigenvalue weighted by molar-refractivity contribution is -0.112. The maximum Gasteiger partial charge on any atom is 0.335 e. The maximum absolute atomic E-state index is 12.9. The first kappa shape index (κ1) is 23.6. The third kappa shape index (κ3) is 5.49. The third-order valence-electron chi connectivity index (χ3n) is 5.29. The zero-order chi connectivity index (χ0) is 24.8. The van der Waals surface area contributed by atoms with Crippen LogP contribution >= 0.6 is 11.6 Å². The zero-order valence-corrected chi connectivity index (χ0v) is 19.1. The summed E-state index contributed by atoms with van der Waals surface area (Å²) in [5.74, 6) is -1.30. The van der Waals surface area contributed by atoms with Crippen molar-refractivity contribution in [3.63, 3.8) is 0 Å². The van der Waals surface area contributed by atoms with Crippen LogP contribution in [0.1, 0.15) is 21.5 Å². The Kier molecular flexibility index (Phi) is 7.10. The molecule has 0 spiro atoms. The van der Waals surface area contributed by atoms with Gasteiger partial charge >= 0.3 is 5.97 Å². The summed E-state index contributed by atoms with van der Waals surface area (Å²) in [6.45, 7) is 0.203. The van der Waals surface area contributed by atoms with Crippen molar-refractivity contribution in [3.05, 3.63) is 112 Å². The number of carboxylic acids is 1. The molecule has 0 aliphatic carbocycles. The Hall–Kier alpha value is -4.60. The predicted octanol–water partition coefficient (Wildman–Crippen LogP) is 6.32. The number of ether oxygens (including phenoxy) is 1. The molecule has 0 aliphatic heterocycles. The van der Waals surface area contributed by atoms with Gasteiger partial charge in [-0.3, -0.25) is 4.79 Å². The number of nitrogens with zero attached hydrogens (tertiary/aromatic N) is 1. The molecule has 4 aromatic rings. The lowest BCUT2D eigenvalue weighted by Gasteiger charge is -2.13. The van der Waals surface area contributed by atoms with E-state index in [1.807, 2.05) is 54.6 Å². The van der Waals surface area contributed by atoms with Crippen molar-refractivity contribution in [1.29, 1.82) is 5.26 Å². The smallest absolute Gasteiger partial charge is 0.335 e. The Labute approximate surface area is 206 Å². The van der Waals surface area contributed by atoms with Gasteiger partial charge in [0.15, 0.2) is 0 Å². The first-order valence-electron chi connectivity index (χ1n) is 10.6. The summed E-state index contributed by atoms with van der Waals surface area (Å²) in [7, 11) is 0. The number of hydrogen-bond donors (Lipinski definition) is 2. The van der Waals surface area contributed by atoms with Crippen molar-refractivity contribution in [2.75, 3.05) is 5.32 Å². The summed E-state index contributed by atoms with van der Waals surface area (Å²) in [5, 5.41) is 23.8. The second-order valence-electron chi connectivity index (χ2n) is 7.59. The minimum atomic E-state index is -1.12. The van der Waals surface area contributed by atoms with Gasteiger partial charge in [0.2, 0.25) is 0 Å². The van der Waals surface area contributed by atoms with Crippen LogP contribution in [0.25, 0.3) is 16.8 Å². The van der Waals surface area contributed by atoms with Gasteiger partial charge in [-0.25, -0.2) is 4.79 Å². The van der Waals surface area contributed by atoms with Gasteiger partial charge in [0, 0.05) is 21.8 Å². The molecule has 172 valence electrons. The lowest BCUT2D eigenvalue weighted by Crippen LogP contribution is -2.14. The molecule has 6 nitrogen and oxygen atoms in total. The largest absolute Gasteiger partial charge is 0.488 e. The highest BCUT2D eigenvalue weighted by atomic mass is 35.5. The standard InChI is InChI=1S/C28H19ClN2O4/c29-25-11-4-2-7-20(25)17-35-26-13-12-18-6-1-3-10-23(18)24(26)15-21(16-30)27(32)31-22-9-5-8-19(14-22)28(33)34/h1-15H,17H2,(H,31,32)(H,33,34)/b21-15+. The number of carboxylic acid groups (broad SMARTS) is 1. The summed E-state index contributed by atoms with van der Waals surface area (Å²) in [4.78, 5) is 24.1. The van der Waals surface area contributed by atoms with E-state index in [4.69, 9.17) is 16.3 Å². The van der Waals surface area contributed by atoms with Crippen LogP contribution in [0.15, 0.2) is 90.5 Å². The SMILES string of the molecule is N#C/C(=C\c1c(OCc2ccccc2Cl)ccc2ccccc12)C(=O)Nc1cccc(C(=O)O)c1. The van der Waals surface area contributed by atoms with Gasteiger partial charge in [-0.15, -0.1) is 0 Å². The highest BCUT2D eigenvalue weighted by Gasteiger charge is 2.15. The summed E-state index contributed by atoms with van der Waals surface area (Å²) >= 11 is 6.26. The first-order chi connectivity index (χ1) is 17.0. The lowest BCUT2D eigenvalue weighted by atomic mass is 10.0. The topological polar surface area (TPSA) is 99.4 Å². The second-order valence-corrected chi connectivity index (χ2v) is 8.00. The fourth-order valence-corrected chi connectivity index (χ4v) is 3.73. The van der Waals surface area contributed by atoms with Crippen LogP contribution in [0.5, 0.6) is 5.75 Å². The molecule has 0 fully saturated rings. The number of hydrogen-bond acceptors (Lipinski definition) is 4. The summed E-state index contributed by atoms with van der Waals surface area (Å²) in [5.41, 5.74) is 1.50. The summed E-state index contributed by atoms with van der Waals surface area (Å²) in [6, 6.07) is 26.3. The van der Waals surface area contributed by atoms with Gasteiger partial charge in [0.1, 0.15) is 24.0 Å². The molecular weight excluding hydrogens is 464 g/mol. The molecule has 0 unspecified atom stereocenters. The van der Waals surface area contributed by atoms with Crippen molar-refractivity contribution in [2.45, 2.75) is 6.61 Å². The van der Waals surface area contributed by atoms with Crippen LogP contribution in [0.2, 0.25) is 5.02 Å². The average molecular weight is 483 g/mol. The Morgan fingerprint density at radius 2 is 1.77 bits per heavy atom. The van der Waals surface area contributed by atoms with Crippen molar-refractivity contribution in [3.8, 4) is 11.8 Å². The van der Waals surface area contributed by atoms with E-state index in [1.54, 1.807) is 18.2 Å². The molecule has 0 saturated carbocycles. The fourth-order valence-electron chi connectivity index (χ4n) is 3.54. The zero-order valence-electron chi connectivity index (χ0n) is 18.4. The number of aromatic carboxylic acids is 1. The molecule has 4 aromatic carbocycles. The quantitative estimate of drug-likeness (QED) is 0.237. The van der Waals surface area contributed by atoms with Gasteiger partial charge < -0.3 is 15.2 Å². The normalized spacial score (nSPS) is 11.0. The Morgan fingerprint density at radius 1 is 1.00 bits per heavy atom. The number of anilines is 1. The number of fused-ring (bicyclic) bond motifs is 1. The Morgan fingerprint density at radius 3 is 2.54 bits per heavy atom. The minimum Gasteiger partial charge on any atom is -0.488 e. The second kappa shape index (κ2) is 10.6. The highest BCUT2D eigenvalue weighted by Crippen LogP contribution is 2.31. The molecule has 0 saturated heterocycles. The summed E-state index contributed by atoms with van der Waals surface area (Å²) < 4.78 is 6.06. The number of amides is 1. The number of nitrogens with one attached hydrogen (secondary N) is 1. The minimum absolute atomic E-state index is 0.0228. The van der Waals surface area contributed by atoms with E-state index in [1.165, 1.54) is 24.3 Å². The number of rotatable bonds is 7. The van der Waals surface area contributed by atoms with Crippen molar-refractivity contribution in [2.24, 2.45) is 0 Å². The molecule has 0 heterocycles. The van der Waals surface area contributed by atoms with E-state index >= 15 is 0 Å². The third-order valence-corrected chi connectivity index (χ3v) is 5.66. The van der Waals surface area contributed by atoms with Crippen LogP contribution in [0.4, 0.5) is 5.69 Å². The Balaban J connectivity index is 1.70. The average Bonchev–Trinajstić information content (AvgIpc) is 2.87. The van der Waals surface area contributed by atoms with E-state index in [0.717, 1.165) is 16.3 Å². The van der Waals surface area contributed by atoms with Gasteiger partial charge in [-0.1, -0.05) is 66.2 Å². The van der Waals surface area contributed by atoms with Gasteiger partial charge in [0.25, 0.3) is 5.91 Å². The van der Waals surface area contributed by atoms with E-state index in [-0.39, 0.29) is 23.4 Å². The van der Waals surface area contributed by atoms with Gasteiger partial charge in [0.05, 0.1) is 5.56 Å². The number of benzene rings is 4. The van der Waals surface area contributed by atoms with Crippen LogP contribution in [0.3, 0.4) is 0 Å². The first-order valence-corrected chi connectivity index (χ1v) is 11.0. The molecule has 0 atom stereocenters. The molecule has 0 aliphatic rings. The Bertz CT molecular complexity index is 1500. The number of halogens is 1. The molecule has 1 amide bonds. The predicted molar refractivity (Wildman–Crippen MR) is 135 cm³/mol. The van der Waals surface area contributed by atoms with Gasteiger partial charge in [-0.05, 0) is 47.2 Å².